The third kappa shape index (κ3) is 1.38. The van der Waals surface area contributed by atoms with Crippen LogP contribution in [0.4, 0.5) is 0 Å². The molecule has 0 radical (unpaired) electrons. The molecular weight excluding hydrogens is 218 g/mol. The van der Waals surface area contributed by atoms with Crippen LogP contribution in [0.15, 0.2) is 41.1 Å². The first-order valence-corrected chi connectivity index (χ1v) is 4.20. The van der Waals surface area contributed by atoms with Gasteiger partial charge in [-0.1, -0.05) is 21.1 Å². The van der Waals surface area contributed by atoms with Crippen LogP contribution in [-0.2, 0) is 0 Å². The van der Waals surface area contributed by atoms with E-state index < -0.39 is 0 Å². The summed E-state index contributed by atoms with van der Waals surface area (Å²) in [5.41, 5.74) is 0.897. The summed E-state index contributed by atoms with van der Waals surface area (Å²) in [5.74, 6) is 0. The third-order valence-corrected chi connectivity index (χ3v) is 2.00. The summed E-state index contributed by atoms with van der Waals surface area (Å²) in [5, 5.41) is 7.36. The monoisotopic (exact) mass is 224 g/mol. The molecule has 0 bridgehead atoms. The van der Waals surface area contributed by atoms with E-state index >= 15 is 0 Å². The molecule has 3 nitrogen and oxygen atoms in total. The highest BCUT2D eigenvalue weighted by Gasteiger charge is 1.94. The highest BCUT2D eigenvalue weighted by molar-refractivity contribution is 9.10. The van der Waals surface area contributed by atoms with Gasteiger partial charge >= 0.3 is 0 Å². The highest BCUT2D eigenvalue weighted by atomic mass is 79.9. The first-order valence-electron chi connectivity index (χ1n) is 3.90. The molecule has 0 unspecified atom stereocenters. The summed E-state index contributed by atoms with van der Waals surface area (Å²) < 4.78 is 9.78. The van der Waals surface area contributed by atoms with Crippen molar-refractivity contribution in [2.45, 2.75) is 0 Å². The molecule has 0 N–H and O–H groups in total. The fourth-order valence-corrected chi connectivity index (χ4v) is 1.16. The van der Waals surface area contributed by atoms with Gasteiger partial charge in [0.05, 0.1) is 19.4 Å². The lowest BCUT2D eigenvalue weighted by molar-refractivity contribution is 0.803. The number of hydrogen-bond acceptors (Lipinski definition) is 2. The molecule has 0 saturated carbocycles. The molecule has 0 fully saturated rings. The molecule has 0 aliphatic carbocycles. The maximum absolute atomic E-state index is 7.20. The van der Waals surface area contributed by atoms with Crippen LogP contribution in [0.5, 0.6) is 0 Å². The largest absolute Gasteiger partial charge is 0.221 e. The summed E-state index contributed by atoms with van der Waals surface area (Å²) in [7, 11) is 0. The second-order valence-corrected chi connectivity index (χ2v) is 3.18. The van der Waals surface area contributed by atoms with Crippen LogP contribution in [-0.4, -0.2) is 15.0 Å². The van der Waals surface area contributed by atoms with Crippen molar-refractivity contribution in [1.82, 2.24) is 15.0 Å². The predicted octanol–water partition coefficient (Wildman–Crippen LogP) is 2.03. The Kier molecular flexibility index (Phi) is 1.63. The van der Waals surface area contributed by atoms with E-state index in [9.17, 15) is 0 Å². The van der Waals surface area contributed by atoms with Crippen LogP contribution in [0.2, 0.25) is 0 Å². The first-order chi connectivity index (χ1) is 6.25. The molecular formula is C8H6BrN3. The van der Waals surface area contributed by atoms with E-state index in [0.717, 1.165) is 10.2 Å². The van der Waals surface area contributed by atoms with Crippen molar-refractivity contribution in [3.8, 4) is 5.69 Å². The summed E-state index contributed by atoms with van der Waals surface area (Å²) >= 11 is 3.34. The number of halogens is 1. The molecule has 0 amide bonds. The Balaban J connectivity index is 2.41. The minimum atomic E-state index is 0.169. The van der Waals surface area contributed by atoms with Crippen molar-refractivity contribution in [2.24, 2.45) is 0 Å². The molecule has 4 heteroatoms. The zero-order chi connectivity index (χ0) is 9.26. The van der Waals surface area contributed by atoms with E-state index in [1.165, 1.54) is 0 Å². The molecule has 1 aromatic carbocycles. The van der Waals surface area contributed by atoms with Crippen molar-refractivity contribution < 1.29 is 1.37 Å². The van der Waals surface area contributed by atoms with Gasteiger partial charge in [-0.05, 0) is 24.3 Å². The van der Waals surface area contributed by atoms with Gasteiger partial charge in [0.2, 0.25) is 0 Å². The lowest BCUT2D eigenvalue weighted by atomic mass is 10.3. The molecule has 0 aliphatic heterocycles. The number of nitrogens with zero attached hydrogens (tertiary/aromatic N) is 3. The van der Waals surface area contributed by atoms with Gasteiger partial charge in [0.25, 0.3) is 0 Å². The smallest absolute Gasteiger partial charge is 0.0877 e. The first kappa shape index (κ1) is 6.37. The Morgan fingerprint density at radius 1 is 1.33 bits per heavy atom. The van der Waals surface area contributed by atoms with Crippen LogP contribution in [0, 0.1) is 0 Å². The summed E-state index contributed by atoms with van der Waals surface area (Å²) in [6.45, 7) is 0. The van der Waals surface area contributed by atoms with Gasteiger partial charge in [-0.25, -0.2) is 4.68 Å². The van der Waals surface area contributed by atoms with Gasteiger partial charge in [-0.15, -0.1) is 5.10 Å². The quantitative estimate of drug-likeness (QED) is 0.743. The molecule has 0 atom stereocenters. The van der Waals surface area contributed by atoms with E-state index in [1.54, 1.807) is 10.9 Å². The highest BCUT2D eigenvalue weighted by Crippen LogP contribution is 2.12. The van der Waals surface area contributed by atoms with Gasteiger partial charge in [0.15, 0.2) is 0 Å². The number of aromatic nitrogens is 3. The molecule has 60 valence electrons. The number of hydrogen-bond donors (Lipinski definition) is 0. The van der Waals surface area contributed by atoms with Crippen molar-refractivity contribution in [3.63, 3.8) is 0 Å². The van der Waals surface area contributed by atoms with E-state index in [2.05, 4.69) is 26.2 Å². The van der Waals surface area contributed by atoms with E-state index in [1.807, 2.05) is 24.3 Å². The topological polar surface area (TPSA) is 30.7 Å². The normalized spacial score (nSPS) is 11.2. The lowest BCUT2D eigenvalue weighted by Gasteiger charge is -1.98. The molecule has 0 aliphatic rings. The van der Waals surface area contributed by atoms with Gasteiger partial charge in [0.1, 0.15) is 0 Å². The Labute approximate surface area is 79.6 Å². The summed E-state index contributed by atoms with van der Waals surface area (Å²) in [4.78, 5) is 0. The van der Waals surface area contributed by atoms with Gasteiger partial charge in [0, 0.05) is 4.47 Å². The van der Waals surface area contributed by atoms with E-state index in [0.29, 0.717) is 0 Å². The zero-order valence-corrected chi connectivity index (χ0v) is 7.69. The molecule has 12 heavy (non-hydrogen) atoms. The van der Waals surface area contributed by atoms with Crippen LogP contribution >= 0.6 is 15.9 Å². The second kappa shape index (κ2) is 3.06. The Bertz CT molecular complexity index is 410. The van der Waals surface area contributed by atoms with Crippen LogP contribution in [0.3, 0.4) is 0 Å². The average molecular weight is 225 g/mol. The Morgan fingerprint density at radius 3 is 2.67 bits per heavy atom. The zero-order valence-electron chi connectivity index (χ0n) is 7.11. The minimum absolute atomic E-state index is 0.169. The Hall–Kier alpha value is -1.16. The van der Waals surface area contributed by atoms with Gasteiger partial charge in [-0.2, -0.15) is 0 Å². The van der Waals surface area contributed by atoms with Crippen molar-refractivity contribution in [1.29, 1.82) is 0 Å². The summed E-state index contributed by atoms with van der Waals surface area (Å²) in [6.07, 6.45) is 1.73. The SMILES string of the molecule is [2H]c1cn(-c2ccc(Br)cc2)nn1. The maximum Gasteiger partial charge on any atom is 0.0877 e. The fourth-order valence-electron chi connectivity index (χ4n) is 0.900. The van der Waals surface area contributed by atoms with Crippen molar-refractivity contribution in [3.05, 3.63) is 41.1 Å². The maximum atomic E-state index is 7.20. The van der Waals surface area contributed by atoms with Crippen molar-refractivity contribution in [2.75, 3.05) is 0 Å². The van der Waals surface area contributed by atoms with Gasteiger partial charge in [-0.3, -0.25) is 0 Å². The average Bonchev–Trinajstić information content (AvgIpc) is 2.53. The lowest BCUT2D eigenvalue weighted by Crippen LogP contribution is -1.93. The fraction of sp³-hybridized carbons (Fsp3) is 0. The second-order valence-electron chi connectivity index (χ2n) is 2.27. The Morgan fingerprint density at radius 2 is 2.08 bits per heavy atom. The molecule has 2 aromatic rings. The van der Waals surface area contributed by atoms with Crippen LogP contribution in [0.25, 0.3) is 5.69 Å². The van der Waals surface area contributed by atoms with Crippen molar-refractivity contribution >= 4 is 15.9 Å². The molecule has 1 aromatic heterocycles. The molecule has 0 saturated heterocycles. The third-order valence-electron chi connectivity index (χ3n) is 1.47. The molecule has 0 spiro atoms. The van der Waals surface area contributed by atoms with Crippen LogP contribution < -0.4 is 0 Å². The standard InChI is InChI=1S/C8H6BrN3/c9-7-1-3-8(4-2-7)12-6-5-10-11-12/h1-6H/i5D. The molecule has 2 rings (SSSR count). The van der Waals surface area contributed by atoms with E-state index in [-0.39, 0.29) is 6.17 Å². The van der Waals surface area contributed by atoms with E-state index in [4.69, 9.17) is 1.37 Å². The minimum Gasteiger partial charge on any atom is -0.221 e. The number of rotatable bonds is 1. The summed E-state index contributed by atoms with van der Waals surface area (Å²) in [6, 6.07) is 7.64. The van der Waals surface area contributed by atoms with Gasteiger partial charge < -0.3 is 0 Å². The number of benzene rings is 1. The molecule has 1 heterocycles. The van der Waals surface area contributed by atoms with Crippen LogP contribution in [0.1, 0.15) is 1.37 Å². The predicted molar refractivity (Wildman–Crippen MR) is 49.1 cm³/mol.